The van der Waals surface area contributed by atoms with Gasteiger partial charge in [0.2, 0.25) is 0 Å². The molecule has 10 nitrogen and oxygen atoms in total. The molecule has 31 heavy (non-hydrogen) atoms. The first-order valence-corrected chi connectivity index (χ1v) is 9.91. The van der Waals surface area contributed by atoms with Crippen LogP contribution < -0.4 is 5.32 Å². The fourth-order valence-corrected chi connectivity index (χ4v) is 3.50. The minimum absolute atomic E-state index is 0.172. The predicted molar refractivity (Wildman–Crippen MR) is 113 cm³/mol. The molecule has 5 rings (SSSR count). The molecule has 2 amide bonds. The van der Waals surface area contributed by atoms with E-state index in [9.17, 15) is 9.59 Å². The van der Waals surface area contributed by atoms with Gasteiger partial charge in [-0.25, -0.2) is 9.50 Å². The van der Waals surface area contributed by atoms with Crippen molar-refractivity contribution in [2.24, 2.45) is 7.05 Å². The highest BCUT2D eigenvalue weighted by Gasteiger charge is 2.28. The average Bonchev–Trinajstić information content (AvgIpc) is 3.29. The molecule has 0 unspecified atom stereocenters. The summed E-state index contributed by atoms with van der Waals surface area (Å²) >= 11 is 0. The third kappa shape index (κ3) is 3.41. The molecule has 0 spiro atoms. The summed E-state index contributed by atoms with van der Waals surface area (Å²) in [5, 5.41) is 11.4. The Morgan fingerprint density at radius 3 is 2.71 bits per heavy atom. The van der Waals surface area contributed by atoms with Gasteiger partial charge in [-0.3, -0.25) is 19.3 Å². The van der Waals surface area contributed by atoms with Crippen molar-refractivity contribution >= 4 is 23.1 Å². The number of carbonyl (C=O) groups excluding carboxylic acids is 2. The maximum atomic E-state index is 13.0. The van der Waals surface area contributed by atoms with Gasteiger partial charge in [-0.2, -0.15) is 5.10 Å². The van der Waals surface area contributed by atoms with Crippen molar-refractivity contribution in [3.8, 4) is 11.4 Å². The summed E-state index contributed by atoms with van der Waals surface area (Å²) in [4.78, 5) is 36.0. The van der Waals surface area contributed by atoms with Crippen LogP contribution in [0.4, 0.5) is 5.69 Å². The molecule has 0 atom stereocenters. The number of hydrogen-bond acceptors (Lipinski definition) is 6. The van der Waals surface area contributed by atoms with E-state index in [1.165, 1.54) is 10.9 Å². The van der Waals surface area contributed by atoms with E-state index in [4.69, 9.17) is 0 Å². The lowest BCUT2D eigenvalue weighted by Gasteiger charge is -2.30. The lowest BCUT2D eigenvalue weighted by Crippen LogP contribution is -2.42. The smallest absolute Gasteiger partial charge is 0.274 e. The summed E-state index contributed by atoms with van der Waals surface area (Å²) in [7, 11) is 1.64. The fraction of sp³-hybridized carbons (Fsp3) is 0.238. The molecule has 10 heteroatoms. The van der Waals surface area contributed by atoms with Crippen LogP contribution >= 0.6 is 0 Å². The van der Waals surface area contributed by atoms with Crippen molar-refractivity contribution < 1.29 is 9.59 Å². The zero-order valence-electron chi connectivity index (χ0n) is 17.1. The monoisotopic (exact) mass is 416 g/mol. The van der Waals surface area contributed by atoms with Gasteiger partial charge >= 0.3 is 0 Å². The van der Waals surface area contributed by atoms with Crippen molar-refractivity contribution in [1.82, 2.24) is 34.3 Å². The molecule has 4 aromatic heterocycles. The van der Waals surface area contributed by atoms with E-state index in [2.05, 4.69) is 25.5 Å². The molecule has 4 aromatic rings. The van der Waals surface area contributed by atoms with Crippen LogP contribution in [0.3, 0.4) is 0 Å². The van der Waals surface area contributed by atoms with Crippen LogP contribution in [0.2, 0.25) is 0 Å². The predicted octanol–water partition coefficient (Wildman–Crippen LogP) is 1.93. The Morgan fingerprint density at radius 1 is 1.13 bits per heavy atom. The van der Waals surface area contributed by atoms with E-state index in [1.807, 2.05) is 13.0 Å². The molecule has 0 aromatic carbocycles. The van der Waals surface area contributed by atoms with E-state index in [-0.39, 0.29) is 11.6 Å². The molecular formula is C21H20N8O2. The van der Waals surface area contributed by atoms with Crippen LogP contribution in [0.1, 0.15) is 32.8 Å². The minimum atomic E-state index is -0.407. The number of pyridine rings is 2. The molecule has 0 radical (unpaired) electrons. The number of fused-ring (bicyclic) bond motifs is 1. The Balaban J connectivity index is 1.41. The van der Waals surface area contributed by atoms with Crippen molar-refractivity contribution in [3.05, 3.63) is 59.8 Å². The van der Waals surface area contributed by atoms with Gasteiger partial charge in [-0.1, -0.05) is 0 Å². The largest absolute Gasteiger partial charge is 0.338 e. The van der Waals surface area contributed by atoms with E-state index in [1.54, 1.807) is 47.2 Å². The topological polar surface area (TPSA) is 110 Å². The summed E-state index contributed by atoms with van der Waals surface area (Å²) in [6, 6.07) is 5.42. The van der Waals surface area contributed by atoms with Gasteiger partial charge in [-0.05, 0) is 31.0 Å². The molecule has 156 valence electrons. The van der Waals surface area contributed by atoms with Crippen molar-refractivity contribution in [2.45, 2.75) is 13.3 Å². The Labute approximate surface area is 177 Å². The highest BCUT2D eigenvalue weighted by atomic mass is 16.2. The highest BCUT2D eigenvalue weighted by molar-refractivity contribution is 6.11. The maximum Gasteiger partial charge on any atom is 0.274 e. The number of carbonyl (C=O) groups is 2. The van der Waals surface area contributed by atoms with Crippen LogP contribution in [0.25, 0.3) is 17.0 Å². The van der Waals surface area contributed by atoms with Crippen molar-refractivity contribution in [1.29, 1.82) is 0 Å². The normalized spacial score (nSPS) is 13.3. The molecule has 0 aliphatic carbocycles. The quantitative estimate of drug-likeness (QED) is 0.544. The first kappa shape index (κ1) is 18.9. The molecule has 1 saturated heterocycles. The van der Waals surface area contributed by atoms with E-state index < -0.39 is 5.91 Å². The molecule has 1 aliphatic heterocycles. The summed E-state index contributed by atoms with van der Waals surface area (Å²) in [6.45, 7) is 3.37. The van der Waals surface area contributed by atoms with Crippen LogP contribution in [0.5, 0.6) is 0 Å². The highest BCUT2D eigenvalue weighted by Crippen LogP contribution is 2.20. The van der Waals surface area contributed by atoms with E-state index >= 15 is 0 Å². The number of nitrogens with zero attached hydrogens (tertiary/aromatic N) is 7. The maximum absolute atomic E-state index is 13.0. The average molecular weight is 416 g/mol. The molecule has 0 bridgehead atoms. The van der Waals surface area contributed by atoms with E-state index in [0.717, 1.165) is 17.5 Å². The standard InChI is InChI=1S/C21H20N8O2/c1-13-8-14(11-22-10-13)19-25-17-9-15(4-7-29(17)26-19)24-20(30)18-16(12-23-27(18)2)21(31)28-5-3-6-28/h4,7-12H,3,5-6H2,1-2H3,(H,24,30). The number of likely N-dealkylation sites (tertiary alicyclic amines) is 1. The summed E-state index contributed by atoms with van der Waals surface area (Å²) in [6.07, 6.45) is 7.63. The van der Waals surface area contributed by atoms with Crippen molar-refractivity contribution in [3.63, 3.8) is 0 Å². The minimum Gasteiger partial charge on any atom is -0.338 e. The van der Waals surface area contributed by atoms with Gasteiger partial charge < -0.3 is 10.2 Å². The van der Waals surface area contributed by atoms with Gasteiger partial charge in [0, 0.05) is 56.0 Å². The summed E-state index contributed by atoms with van der Waals surface area (Å²) < 4.78 is 3.05. The third-order valence-corrected chi connectivity index (χ3v) is 5.26. The number of amides is 2. The first-order valence-electron chi connectivity index (χ1n) is 9.91. The lowest BCUT2D eigenvalue weighted by atomic mass is 10.1. The van der Waals surface area contributed by atoms with Crippen LogP contribution in [-0.2, 0) is 7.05 Å². The third-order valence-electron chi connectivity index (χ3n) is 5.26. The molecule has 0 saturated carbocycles. The fourth-order valence-electron chi connectivity index (χ4n) is 3.50. The van der Waals surface area contributed by atoms with Crippen LogP contribution in [0.15, 0.2) is 43.0 Å². The molecular weight excluding hydrogens is 396 g/mol. The van der Waals surface area contributed by atoms with Crippen LogP contribution in [0, 0.1) is 6.92 Å². The number of aromatic nitrogens is 6. The first-order chi connectivity index (χ1) is 15.0. The number of rotatable bonds is 4. The Morgan fingerprint density at radius 2 is 1.97 bits per heavy atom. The SMILES string of the molecule is Cc1cncc(-c2nc3cc(NC(=O)c4c(C(=O)N5CCC5)cnn4C)ccn3n2)c1. The van der Waals surface area contributed by atoms with E-state index in [0.29, 0.717) is 35.8 Å². The number of nitrogens with one attached hydrogen (secondary N) is 1. The molecule has 1 aliphatic rings. The van der Waals surface area contributed by atoms with Crippen LogP contribution in [-0.4, -0.2) is 59.2 Å². The molecule has 1 N–H and O–H groups in total. The number of aryl methyl sites for hydroxylation is 2. The molecule has 1 fully saturated rings. The number of anilines is 1. The Bertz CT molecular complexity index is 1320. The zero-order valence-corrected chi connectivity index (χ0v) is 17.1. The second kappa shape index (κ2) is 7.31. The van der Waals surface area contributed by atoms with Gasteiger partial charge in [0.25, 0.3) is 11.8 Å². The second-order valence-corrected chi connectivity index (χ2v) is 7.53. The number of hydrogen-bond donors (Lipinski definition) is 1. The van der Waals surface area contributed by atoms with Gasteiger partial charge in [0.05, 0.1) is 11.8 Å². The van der Waals surface area contributed by atoms with Gasteiger partial charge in [-0.15, -0.1) is 5.10 Å². The van der Waals surface area contributed by atoms with Gasteiger partial charge in [0.1, 0.15) is 5.69 Å². The summed E-state index contributed by atoms with van der Waals surface area (Å²) in [5.74, 6) is -0.0293. The Kier molecular flexibility index (Phi) is 4.46. The van der Waals surface area contributed by atoms with Crippen molar-refractivity contribution in [2.75, 3.05) is 18.4 Å². The Hall–Kier alpha value is -4.08. The zero-order chi connectivity index (χ0) is 21.5. The van der Waals surface area contributed by atoms with Gasteiger partial charge in [0.15, 0.2) is 11.5 Å². The molecule has 5 heterocycles. The summed E-state index contributed by atoms with van der Waals surface area (Å²) in [5.41, 5.74) is 3.49. The second-order valence-electron chi connectivity index (χ2n) is 7.53. The lowest BCUT2D eigenvalue weighted by molar-refractivity contribution is 0.0648.